The number of alkyl halides is 3. The van der Waals surface area contributed by atoms with Gasteiger partial charge in [0.15, 0.2) is 5.75 Å². The van der Waals surface area contributed by atoms with Crippen molar-refractivity contribution in [2.75, 3.05) is 14.2 Å². The highest BCUT2D eigenvalue weighted by Crippen LogP contribution is 2.44. The average Bonchev–Trinajstić information content (AvgIpc) is 2.51. The van der Waals surface area contributed by atoms with Crippen LogP contribution in [0.4, 0.5) is 18.9 Å². The number of fused-ring (bicyclic) bond motifs is 1. The molecule has 0 spiro atoms. The van der Waals surface area contributed by atoms with Crippen molar-refractivity contribution in [2.45, 2.75) is 5.51 Å². The minimum atomic E-state index is -5.97. The topological polar surface area (TPSA) is 118 Å². The Morgan fingerprint density at radius 1 is 1.20 bits per heavy atom. The molecular formula is C12H9F3N2O7S. The first-order chi connectivity index (χ1) is 11.5. The van der Waals surface area contributed by atoms with Gasteiger partial charge in [-0.25, -0.2) is 0 Å². The van der Waals surface area contributed by atoms with Crippen LogP contribution in [0.25, 0.3) is 10.9 Å². The number of ether oxygens (including phenoxy) is 2. The van der Waals surface area contributed by atoms with E-state index in [2.05, 4.69) is 9.17 Å². The van der Waals surface area contributed by atoms with E-state index in [-0.39, 0.29) is 16.7 Å². The van der Waals surface area contributed by atoms with E-state index >= 15 is 0 Å². The summed E-state index contributed by atoms with van der Waals surface area (Å²) in [7, 11) is -3.81. The lowest BCUT2D eigenvalue weighted by Crippen LogP contribution is -2.28. The Morgan fingerprint density at radius 2 is 1.84 bits per heavy atom. The second-order valence-electron chi connectivity index (χ2n) is 4.40. The third-order valence-electron chi connectivity index (χ3n) is 2.98. The normalized spacial score (nSPS) is 12.0. The van der Waals surface area contributed by atoms with Crippen molar-refractivity contribution in [1.82, 2.24) is 4.98 Å². The van der Waals surface area contributed by atoms with Gasteiger partial charge in [0.1, 0.15) is 11.3 Å². The van der Waals surface area contributed by atoms with Crippen LogP contribution in [-0.4, -0.2) is 38.1 Å². The minimum absolute atomic E-state index is 0.302. The monoisotopic (exact) mass is 382 g/mol. The molecule has 13 heteroatoms. The summed E-state index contributed by atoms with van der Waals surface area (Å²) in [5.74, 6) is -1.48. The lowest BCUT2D eigenvalue weighted by molar-refractivity contribution is -0.385. The zero-order valence-corrected chi connectivity index (χ0v) is 13.3. The van der Waals surface area contributed by atoms with Gasteiger partial charge in [0.05, 0.1) is 30.6 Å². The van der Waals surface area contributed by atoms with E-state index in [1.165, 1.54) is 0 Å². The van der Waals surface area contributed by atoms with Crippen LogP contribution >= 0.6 is 0 Å². The maximum Gasteiger partial charge on any atom is 0.534 e. The largest absolute Gasteiger partial charge is 0.534 e. The molecule has 0 saturated heterocycles. The molecule has 0 atom stereocenters. The quantitative estimate of drug-likeness (QED) is 0.335. The van der Waals surface area contributed by atoms with Gasteiger partial charge in [-0.05, 0) is 0 Å². The van der Waals surface area contributed by atoms with Crippen LogP contribution < -0.4 is 13.7 Å². The molecule has 1 aromatic carbocycles. The van der Waals surface area contributed by atoms with Crippen molar-refractivity contribution in [1.29, 1.82) is 0 Å². The molecular weight excluding hydrogens is 373 g/mol. The molecule has 0 aliphatic heterocycles. The van der Waals surface area contributed by atoms with Crippen LogP contribution in [0.1, 0.15) is 0 Å². The van der Waals surface area contributed by atoms with Crippen LogP contribution in [0.3, 0.4) is 0 Å². The molecule has 25 heavy (non-hydrogen) atoms. The fourth-order valence-corrected chi connectivity index (χ4v) is 2.44. The first-order valence-electron chi connectivity index (χ1n) is 6.22. The molecule has 0 radical (unpaired) electrons. The predicted molar refractivity (Wildman–Crippen MR) is 77.1 cm³/mol. The number of methoxy groups -OCH3 is 2. The Hall–Kier alpha value is -2.83. The van der Waals surface area contributed by atoms with E-state index in [1.807, 2.05) is 0 Å². The second-order valence-corrected chi connectivity index (χ2v) is 5.94. The minimum Gasteiger partial charge on any atom is -0.496 e. The van der Waals surface area contributed by atoms with Crippen molar-refractivity contribution in [3.63, 3.8) is 0 Å². The summed E-state index contributed by atoms with van der Waals surface area (Å²) in [6.45, 7) is 0. The van der Waals surface area contributed by atoms with Gasteiger partial charge in [0.2, 0.25) is 5.75 Å². The molecule has 0 fully saturated rings. The van der Waals surface area contributed by atoms with Crippen LogP contribution in [0.2, 0.25) is 0 Å². The van der Waals surface area contributed by atoms with Gasteiger partial charge in [0.25, 0.3) is 0 Å². The highest BCUT2D eigenvalue weighted by atomic mass is 32.2. The number of nitro groups is 1. The number of aromatic nitrogens is 1. The van der Waals surface area contributed by atoms with E-state index < -0.39 is 37.7 Å². The summed E-state index contributed by atoms with van der Waals surface area (Å²) in [6, 6.07) is 1.70. The van der Waals surface area contributed by atoms with Gasteiger partial charge in [-0.15, -0.1) is 0 Å². The summed E-state index contributed by atoms with van der Waals surface area (Å²) in [5, 5.41) is 10.8. The van der Waals surface area contributed by atoms with Crippen molar-refractivity contribution >= 4 is 26.7 Å². The molecule has 1 heterocycles. The number of hydrogen-bond donors (Lipinski definition) is 0. The molecule has 136 valence electrons. The van der Waals surface area contributed by atoms with Crippen LogP contribution in [0.15, 0.2) is 18.3 Å². The Bertz CT molecular complexity index is 944. The highest BCUT2D eigenvalue weighted by Gasteiger charge is 2.49. The number of pyridine rings is 1. The fraction of sp³-hybridized carbons (Fsp3) is 0.250. The zero-order valence-electron chi connectivity index (χ0n) is 12.5. The van der Waals surface area contributed by atoms with E-state index in [9.17, 15) is 31.7 Å². The van der Waals surface area contributed by atoms with E-state index in [1.54, 1.807) is 0 Å². The van der Waals surface area contributed by atoms with Gasteiger partial charge in [0, 0.05) is 12.3 Å². The Kier molecular flexibility index (Phi) is 4.61. The third-order valence-corrected chi connectivity index (χ3v) is 3.94. The maximum absolute atomic E-state index is 12.5. The molecule has 0 N–H and O–H groups in total. The second kappa shape index (κ2) is 6.23. The maximum atomic E-state index is 12.5. The van der Waals surface area contributed by atoms with Crippen LogP contribution in [0.5, 0.6) is 17.2 Å². The van der Waals surface area contributed by atoms with Crippen molar-refractivity contribution in [3.05, 3.63) is 28.4 Å². The number of nitro benzene ring substituents is 1. The summed E-state index contributed by atoms with van der Waals surface area (Å²) in [6.07, 6.45) is 0.912. The molecule has 1 aromatic heterocycles. The Balaban J connectivity index is 2.83. The Morgan fingerprint density at radius 3 is 2.32 bits per heavy atom. The molecule has 2 aromatic rings. The SMILES string of the molecule is COc1c([N+](=O)[O-])cc(OC)c2c(OS(=O)(=O)C(F)(F)F)ccnc12. The Labute approximate surface area is 138 Å². The van der Waals surface area contributed by atoms with Gasteiger partial charge in [-0.1, -0.05) is 0 Å². The molecule has 2 rings (SSSR count). The molecule has 0 aliphatic rings. The lowest BCUT2D eigenvalue weighted by Gasteiger charge is -2.14. The fourth-order valence-electron chi connectivity index (χ4n) is 1.97. The number of rotatable bonds is 5. The lowest BCUT2D eigenvalue weighted by atomic mass is 10.1. The first-order valence-corrected chi connectivity index (χ1v) is 7.63. The molecule has 0 saturated carbocycles. The number of benzene rings is 1. The van der Waals surface area contributed by atoms with Crippen LogP contribution in [0, 0.1) is 10.1 Å². The summed E-state index contributed by atoms with van der Waals surface area (Å²) >= 11 is 0. The third kappa shape index (κ3) is 3.22. The smallest absolute Gasteiger partial charge is 0.496 e. The van der Waals surface area contributed by atoms with Crippen molar-refractivity contribution in [3.8, 4) is 17.2 Å². The van der Waals surface area contributed by atoms with E-state index in [0.29, 0.717) is 0 Å². The number of nitrogens with zero attached hydrogens (tertiary/aromatic N) is 2. The zero-order chi connectivity index (χ0) is 19.0. The average molecular weight is 382 g/mol. The summed E-state index contributed by atoms with van der Waals surface area (Å²) in [4.78, 5) is 14.1. The number of halogens is 3. The van der Waals surface area contributed by atoms with Gasteiger partial charge >= 0.3 is 21.3 Å². The van der Waals surface area contributed by atoms with Crippen molar-refractivity contribution in [2.24, 2.45) is 0 Å². The molecule has 0 bridgehead atoms. The van der Waals surface area contributed by atoms with E-state index in [0.717, 1.165) is 32.5 Å². The van der Waals surface area contributed by atoms with E-state index in [4.69, 9.17) is 9.47 Å². The molecule has 0 unspecified atom stereocenters. The summed E-state index contributed by atoms with van der Waals surface area (Å²) in [5.41, 5.74) is -6.54. The number of hydrogen-bond acceptors (Lipinski definition) is 8. The predicted octanol–water partition coefficient (Wildman–Crippen LogP) is 2.39. The first kappa shape index (κ1) is 18.5. The molecule has 9 nitrogen and oxygen atoms in total. The molecule has 0 amide bonds. The summed E-state index contributed by atoms with van der Waals surface area (Å²) < 4.78 is 74.0. The van der Waals surface area contributed by atoms with Crippen molar-refractivity contribution < 1.29 is 40.2 Å². The highest BCUT2D eigenvalue weighted by molar-refractivity contribution is 7.88. The molecule has 0 aliphatic carbocycles. The van der Waals surface area contributed by atoms with Gasteiger partial charge in [-0.2, -0.15) is 21.6 Å². The standard InChI is InChI=1S/C12H9F3N2O7S/c1-22-8-5-6(17(18)19)11(23-2)10-9(8)7(3-4-16-10)24-25(20,21)12(13,14)15/h3-5H,1-2H3. The van der Waals surface area contributed by atoms with Gasteiger partial charge in [-0.3, -0.25) is 15.1 Å². The van der Waals surface area contributed by atoms with Gasteiger partial charge < -0.3 is 13.7 Å². The van der Waals surface area contributed by atoms with Crippen LogP contribution in [-0.2, 0) is 10.1 Å².